The highest BCUT2D eigenvalue weighted by molar-refractivity contribution is 8.00. The third-order valence-electron chi connectivity index (χ3n) is 24.7. The van der Waals surface area contributed by atoms with Crippen molar-refractivity contribution in [2.45, 2.75) is 240 Å². The van der Waals surface area contributed by atoms with Crippen molar-refractivity contribution in [1.82, 2.24) is 97.2 Å². The average Bonchev–Trinajstić information content (AvgIpc) is 1.62. The first-order chi connectivity index (χ1) is 66.6. The molecule has 3 aliphatic rings. The maximum Gasteiger partial charge on any atom is 0.323 e. The molecule has 0 bridgehead atoms. The van der Waals surface area contributed by atoms with E-state index in [4.69, 9.17) is 22.9 Å². The standard InChI is InChI=1S/C92H125N23O24S/c1-7-9-19-69-85(132)103-59(28-30-77(122)123)81(128)109-67(80(127)99-42-75(96)120)46-140-47-76(121)101-64(34-50-23-25-54(116)26-24-50)88(135)110(4)49(3)79(126)107-66(39-74(95)119)91(138)114-33-15-22-70(114)86(133)106-63(37-53-41-97-48-100-53)84(131)104-61(27-29-73(94)118)90(137)115-44-55(117)38-72(115)87(134)105-62(35-51-40-98-58-18-13-11-16-56(51)58)83(130)102-60(31-32-93)82(129)108-65(89(136)112(6)71(20-10-8-2)92(139)111(69)5)36-52-43-113(45-78(124)125)68-21-14-12-17-57(52)68/h11-14,16-18,21,23-26,40-41,43,48-49,55,59-67,69-72,98,116-117H,7-10,15,19-20,22,27-39,42,44-47,93H2,1-6H3,(H2,94,118)(H2,95,119)(H2,96,120)(H,97,100)(H,99,127)(H,101,121)(H,102,130)(H,103,132)(H,104,131)(H,105,134)(H,106,133)(H,107,126)(H,108,129)(H,109,128)(H,122,123)(H,124,125)/t49-,55+,59-,60-,61-,62-,63-,64-,65-,66+,67-,69-,70-,71-,72-/m0/s1. The summed E-state index contributed by atoms with van der Waals surface area (Å²) in [6.07, 6.45) is -0.588. The van der Waals surface area contributed by atoms with E-state index in [0.29, 0.717) is 63.1 Å². The van der Waals surface area contributed by atoms with E-state index >= 15 is 38.4 Å². The molecule has 0 aliphatic carbocycles. The summed E-state index contributed by atoms with van der Waals surface area (Å²) in [4.78, 5) is 304. The van der Waals surface area contributed by atoms with Crippen molar-refractivity contribution >= 4 is 152 Å². The number of thioether (sulfide) groups is 1. The van der Waals surface area contributed by atoms with Crippen LogP contribution >= 0.6 is 11.8 Å². The van der Waals surface area contributed by atoms with Crippen molar-refractivity contribution in [3.8, 4) is 5.75 Å². The highest BCUT2D eigenvalue weighted by Gasteiger charge is 2.47. The van der Waals surface area contributed by atoms with Crippen LogP contribution in [0.4, 0.5) is 0 Å². The predicted octanol–water partition coefficient (Wildman–Crippen LogP) is -4.19. The van der Waals surface area contributed by atoms with Crippen molar-refractivity contribution in [3.05, 3.63) is 120 Å². The molecule has 9 rings (SSSR count). The number of carbonyl (C=O) groups excluding carboxylic acids is 18. The fourth-order valence-electron chi connectivity index (χ4n) is 17.1. The number of carboxylic acid groups (broad SMARTS) is 2. The Hall–Kier alpha value is -14.6. The molecular weight excluding hydrogens is 1840 g/mol. The van der Waals surface area contributed by atoms with Crippen LogP contribution in [0.1, 0.15) is 139 Å². The predicted molar refractivity (Wildman–Crippen MR) is 504 cm³/mol. The Morgan fingerprint density at radius 3 is 1.74 bits per heavy atom. The molecule has 758 valence electrons. The third-order valence-corrected chi connectivity index (χ3v) is 25.8. The van der Waals surface area contributed by atoms with E-state index in [9.17, 15) is 78.0 Å². The number of nitrogens with two attached hydrogens (primary N) is 4. The number of aromatic amines is 2. The molecule has 3 aromatic carbocycles. The van der Waals surface area contributed by atoms with Crippen molar-refractivity contribution in [1.29, 1.82) is 0 Å². The van der Waals surface area contributed by atoms with Gasteiger partial charge in [-0.25, -0.2) is 4.98 Å². The number of nitrogens with one attached hydrogen (secondary N) is 12. The molecule has 3 aliphatic heterocycles. The maximum absolute atomic E-state index is 16.0. The number of hydrogen-bond donors (Lipinski definition) is 20. The Kier molecular flexibility index (Phi) is 40.3. The summed E-state index contributed by atoms with van der Waals surface area (Å²) < 4.78 is 1.40. The highest BCUT2D eigenvalue weighted by atomic mass is 32.2. The number of hydrogen-bond acceptors (Lipinski definition) is 25. The molecule has 3 saturated heterocycles. The van der Waals surface area contributed by atoms with Gasteiger partial charge in [-0.2, -0.15) is 0 Å². The lowest BCUT2D eigenvalue weighted by atomic mass is 9.99. The van der Waals surface area contributed by atoms with E-state index in [1.54, 1.807) is 68.6 Å². The number of aromatic hydroxyl groups is 1. The molecule has 48 heteroatoms. The largest absolute Gasteiger partial charge is 0.508 e. The number of carboxylic acids is 2. The number of H-pyrrole nitrogens is 2. The molecule has 3 fully saturated rings. The van der Waals surface area contributed by atoms with Crippen LogP contribution in [0.15, 0.2) is 97.7 Å². The number of aliphatic hydroxyl groups is 1. The van der Waals surface area contributed by atoms with Gasteiger partial charge in [0.25, 0.3) is 0 Å². The number of amides is 18. The zero-order chi connectivity index (χ0) is 102. The van der Waals surface area contributed by atoms with Gasteiger partial charge in [-0.1, -0.05) is 88.1 Å². The highest BCUT2D eigenvalue weighted by Crippen LogP contribution is 2.29. The summed E-state index contributed by atoms with van der Waals surface area (Å²) in [6, 6.07) is -4.46. The molecule has 6 aromatic rings. The van der Waals surface area contributed by atoms with E-state index in [2.05, 4.69) is 68.1 Å². The van der Waals surface area contributed by atoms with Gasteiger partial charge in [0.2, 0.25) is 106 Å². The van der Waals surface area contributed by atoms with Crippen LogP contribution in [-0.4, -0.2) is 332 Å². The molecule has 15 atom stereocenters. The number of carbonyl (C=O) groups is 20. The Labute approximate surface area is 809 Å². The van der Waals surface area contributed by atoms with Crippen molar-refractivity contribution in [2.75, 3.05) is 58.8 Å². The van der Waals surface area contributed by atoms with Crippen LogP contribution < -0.4 is 76.1 Å². The number of benzene rings is 3. The normalized spacial score (nSPS) is 24.2. The second-order valence-corrected chi connectivity index (χ2v) is 36.1. The SMILES string of the molecule is CCCC[C@H]1C(=O)N(C)[C@@H](CCCC)C(=O)N[C@@H](CCC(=O)O)C(=O)N[C@H](C(=O)NCC(N)=O)CSCC(=O)N[C@@H](Cc2ccc(O)cc2)C(=O)N(C)[C@@H](C)C(=O)N[C@H](CC(N)=O)C(=O)N2CCC[C@H]2C(=O)N[C@@H](Cc2cnc[nH]2)C(=O)N[C@@H](CCC(N)=O)C(=O)N2C[C@H](O)C[C@H]2C(=O)N[C@@H](Cc2c[nH]c3ccccc23)C(=O)N[C@@H](CCN)C(=O)N[C@@H](Cc2cn(CC(=O)O)c3ccccc23)C(=O)N1C. The number of unbranched alkanes of at least 4 members (excludes halogenated alkanes) is 2. The van der Waals surface area contributed by atoms with Gasteiger partial charge < -0.3 is 136 Å². The Bertz CT molecular complexity index is 5500. The van der Waals surface area contributed by atoms with Crippen molar-refractivity contribution < 1.29 is 116 Å². The number of rotatable bonds is 29. The number of primary amides is 3. The lowest BCUT2D eigenvalue weighted by molar-refractivity contribution is -0.149. The number of imidazole rings is 1. The van der Waals surface area contributed by atoms with Crippen LogP contribution in [0.3, 0.4) is 0 Å². The second-order valence-electron chi connectivity index (χ2n) is 35.0. The zero-order valence-electron chi connectivity index (χ0n) is 78.6. The van der Waals surface area contributed by atoms with Gasteiger partial charge in [0.1, 0.15) is 96.9 Å². The number of phenols is 1. The number of nitrogens with zero attached hydrogens (tertiary/aromatic N) is 7. The fraction of sp³-hybridized carbons (Fsp3) is 0.511. The van der Waals surface area contributed by atoms with Crippen LogP contribution in [0, 0.1) is 0 Å². The molecule has 0 spiro atoms. The molecule has 24 N–H and O–H groups in total. The number of para-hydroxylation sites is 2. The minimum Gasteiger partial charge on any atom is -0.508 e. The van der Waals surface area contributed by atoms with Gasteiger partial charge in [-0.05, 0) is 99.4 Å². The monoisotopic (exact) mass is 1970 g/mol. The van der Waals surface area contributed by atoms with E-state index < -0.39 is 291 Å². The first-order valence-corrected chi connectivity index (χ1v) is 47.3. The number of aromatic nitrogens is 4. The first-order valence-electron chi connectivity index (χ1n) is 46.1. The molecule has 0 unspecified atom stereocenters. The van der Waals surface area contributed by atoms with Gasteiger partial charge >= 0.3 is 11.9 Å². The lowest BCUT2D eigenvalue weighted by Crippen LogP contribution is -2.61. The summed E-state index contributed by atoms with van der Waals surface area (Å²) in [6.45, 7) is 2.34. The van der Waals surface area contributed by atoms with Crippen LogP contribution in [0.25, 0.3) is 21.8 Å². The molecular formula is C92H125N23O24S. The molecule has 0 saturated carbocycles. The van der Waals surface area contributed by atoms with Crippen molar-refractivity contribution in [3.63, 3.8) is 0 Å². The number of aliphatic hydroxyl groups excluding tert-OH is 1. The molecule has 0 radical (unpaired) electrons. The van der Waals surface area contributed by atoms with Gasteiger partial charge in [0.15, 0.2) is 0 Å². The number of fused-ring (bicyclic) bond motifs is 4. The Morgan fingerprint density at radius 1 is 0.529 bits per heavy atom. The van der Waals surface area contributed by atoms with E-state index in [1.165, 1.54) is 75.6 Å². The number of likely N-dealkylation sites (N-methyl/N-ethyl adjacent to an activating group) is 3. The molecule has 140 heavy (non-hydrogen) atoms. The Morgan fingerprint density at radius 2 is 1.09 bits per heavy atom. The summed E-state index contributed by atoms with van der Waals surface area (Å²) >= 11 is 0.684. The van der Waals surface area contributed by atoms with Crippen molar-refractivity contribution in [2.24, 2.45) is 22.9 Å². The molecule has 6 heterocycles. The van der Waals surface area contributed by atoms with Crippen LogP contribution in [-0.2, 0) is 128 Å². The minimum atomic E-state index is -1.84. The van der Waals surface area contributed by atoms with Gasteiger partial charge in [-0.3, -0.25) is 95.9 Å². The van der Waals surface area contributed by atoms with E-state index in [0.717, 1.165) is 24.5 Å². The van der Waals surface area contributed by atoms with Crippen LogP contribution in [0.5, 0.6) is 5.75 Å². The van der Waals surface area contributed by atoms with E-state index in [-0.39, 0.29) is 82.3 Å². The molecule has 18 amide bonds. The summed E-state index contributed by atoms with van der Waals surface area (Å²) in [5.74, 6) is -22.5. The smallest absolute Gasteiger partial charge is 0.323 e. The number of aliphatic carboxylic acids is 2. The van der Waals surface area contributed by atoms with Crippen LogP contribution in [0.2, 0.25) is 0 Å². The summed E-state index contributed by atoms with van der Waals surface area (Å²) in [7, 11) is 3.70. The van der Waals surface area contributed by atoms with Gasteiger partial charge in [0.05, 0.1) is 31.1 Å². The van der Waals surface area contributed by atoms with Gasteiger partial charge in [0, 0.05) is 131 Å². The number of phenolic OH excluding ortho intramolecular Hbond substituents is 1. The second kappa shape index (κ2) is 51.7. The minimum absolute atomic E-state index is 0.0836. The van der Waals surface area contributed by atoms with E-state index in [1.807, 2.05) is 0 Å². The van der Waals surface area contributed by atoms with Gasteiger partial charge in [-0.15, -0.1) is 11.8 Å². The quantitative estimate of drug-likeness (QED) is 0.0212. The molecule has 47 nitrogen and oxygen atoms in total. The zero-order valence-corrected chi connectivity index (χ0v) is 79.4. The lowest BCUT2D eigenvalue weighted by Gasteiger charge is -2.36. The first kappa shape index (κ1) is 109. The summed E-state index contributed by atoms with van der Waals surface area (Å²) in [5.41, 5.74) is 25.3. The Balaban J connectivity index is 1.13. The topological polar surface area (TPSA) is 712 Å². The summed E-state index contributed by atoms with van der Waals surface area (Å²) in [5, 5.41) is 68.7. The average molecular weight is 1970 g/mol. The maximum atomic E-state index is 16.0. The fourth-order valence-corrected chi connectivity index (χ4v) is 17.9. The molecule has 3 aromatic heterocycles. The third kappa shape index (κ3) is 30.2.